The van der Waals surface area contributed by atoms with Gasteiger partial charge in [0.15, 0.2) is 0 Å². The minimum atomic E-state index is -0.770. The fraction of sp³-hybridized carbons (Fsp3) is 0.118. The number of esters is 1. The summed E-state index contributed by atoms with van der Waals surface area (Å²) in [5.41, 5.74) is 0.412. The van der Waals surface area contributed by atoms with Gasteiger partial charge >= 0.3 is 5.97 Å². The molecule has 0 radical (unpaired) electrons. The van der Waals surface area contributed by atoms with Gasteiger partial charge in [0.25, 0.3) is 5.69 Å². The second kappa shape index (κ2) is 7.01. The number of benzene rings is 2. The van der Waals surface area contributed by atoms with E-state index in [0.717, 1.165) is 6.07 Å². The second-order valence-electron chi connectivity index (χ2n) is 5.19. The summed E-state index contributed by atoms with van der Waals surface area (Å²) in [4.78, 5) is 26.8. The standard InChI is InChI=1S/C17H13N3O6/c1-10-18-16(19-26-10)11-3-6-13(7-4-11)25-17(21)14-9-12(20(22)23)5-8-15(14)24-2/h3-9H,1-2H3. The molecule has 3 aromatic rings. The van der Waals surface area contributed by atoms with Crippen molar-refractivity contribution in [3.63, 3.8) is 0 Å². The van der Waals surface area contributed by atoms with Gasteiger partial charge in [-0.1, -0.05) is 5.16 Å². The summed E-state index contributed by atoms with van der Waals surface area (Å²) in [5, 5.41) is 14.7. The molecular formula is C17H13N3O6. The molecule has 0 saturated heterocycles. The van der Waals surface area contributed by atoms with Crippen molar-refractivity contribution in [2.75, 3.05) is 7.11 Å². The predicted molar refractivity (Wildman–Crippen MR) is 89.1 cm³/mol. The average Bonchev–Trinajstić information content (AvgIpc) is 3.08. The molecule has 0 spiro atoms. The summed E-state index contributed by atoms with van der Waals surface area (Å²) in [5.74, 6) is 0.523. The van der Waals surface area contributed by atoms with Crippen molar-refractivity contribution in [1.82, 2.24) is 10.1 Å². The predicted octanol–water partition coefficient (Wildman–Crippen LogP) is 3.18. The number of nitro groups is 1. The molecule has 0 fully saturated rings. The van der Waals surface area contributed by atoms with Crippen LogP contribution < -0.4 is 9.47 Å². The maximum atomic E-state index is 12.4. The number of methoxy groups -OCH3 is 1. The summed E-state index contributed by atoms with van der Waals surface area (Å²) < 4.78 is 15.2. The number of aromatic nitrogens is 2. The van der Waals surface area contributed by atoms with Crippen LogP contribution in [0.5, 0.6) is 11.5 Å². The van der Waals surface area contributed by atoms with E-state index in [1.807, 2.05) is 0 Å². The molecule has 0 N–H and O–H groups in total. The molecule has 1 heterocycles. The highest BCUT2D eigenvalue weighted by Crippen LogP contribution is 2.26. The molecule has 0 bridgehead atoms. The zero-order chi connectivity index (χ0) is 18.7. The first-order valence-corrected chi connectivity index (χ1v) is 7.43. The largest absolute Gasteiger partial charge is 0.496 e. The van der Waals surface area contributed by atoms with Gasteiger partial charge in [-0.15, -0.1) is 0 Å². The van der Waals surface area contributed by atoms with Gasteiger partial charge in [0, 0.05) is 24.6 Å². The highest BCUT2D eigenvalue weighted by atomic mass is 16.6. The highest BCUT2D eigenvalue weighted by Gasteiger charge is 2.19. The maximum absolute atomic E-state index is 12.4. The normalized spacial score (nSPS) is 10.4. The summed E-state index contributed by atoms with van der Waals surface area (Å²) in [6, 6.07) is 10.1. The Morgan fingerprint density at radius 2 is 1.92 bits per heavy atom. The van der Waals surface area contributed by atoms with Crippen LogP contribution >= 0.6 is 0 Å². The van der Waals surface area contributed by atoms with Crippen LogP contribution in [0.4, 0.5) is 5.69 Å². The molecule has 9 nitrogen and oxygen atoms in total. The molecule has 26 heavy (non-hydrogen) atoms. The summed E-state index contributed by atoms with van der Waals surface area (Å²) in [6.45, 7) is 1.68. The average molecular weight is 355 g/mol. The Morgan fingerprint density at radius 3 is 2.50 bits per heavy atom. The van der Waals surface area contributed by atoms with Crippen molar-refractivity contribution in [3.8, 4) is 22.9 Å². The van der Waals surface area contributed by atoms with Crippen LogP contribution in [0.15, 0.2) is 47.0 Å². The van der Waals surface area contributed by atoms with E-state index in [2.05, 4.69) is 10.1 Å². The third kappa shape index (κ3) is 3.51. The minimum absolute atomic E-state index is 0.0421. The third-order valence-corrected chi connectivity index (χ3v) is 3.46. The molecule has 0 unspecified atom stereocenters. The number of non-ortho nitro benzene ring substituents is 1. The number of carbonyl (C=O) groups is 1. The second-order valence-corrected chi connectivity index (χ2v) is 5.19. The van der Waals surface area contributed by atoms with Crippen LogP contribution in [0.2, 0.25) is 0 Å². The lowest BCUT2D eigenvalue weighted by atomic mass is 10.1. The van der Waals surface area contributed by atoms with Crippen LogP contribution in [0.25, 0.3) is 11.4 Å². The van der Waals surface area contributed by atoms with E-state index < -0.39 is 10.9 Å². The van der Waals surface area contributed by atoms with Crippen LogP contribution in [0.3, 0.4) is 0 Å². The summed E-state index contributed by atoms with van der Waals surface area (Å²) in [6.07, 6.45) is 0. The lowest BCUT2D eigenvalue weighted by Crippen LogP contribution is -2.10. The Labute approximate surface area is 147 Å². The Morgan fingerprint density at radius 1 is 1.19 bits per heavy atom. The van der Waals surface area contributed by atoms with Gasteiger partial charge in [0.2, 0.25) is 11.7 Å². The number of aryl methyl sites for hydroxylation is 1. The number of nitro benzene ring substituents is 1. The molecule has 9 heteroatoms. The number of hydrogen-bond acceptors (Lipinski definition) is 8. The maximum Gasteiger partial charge on any atom is 0.347 e. The van der Waals surface area contributed by atoms with Crippen molar-refractivity contribution < 1.29 is 23.7 Å². The van der Waals surface area contributed by atoms with Crippen molar-refractivity contribution in [2.45, 2.75) is 6.92 Å². The number of nitrogens with zero attached hydrogens (tertiary/aromatic N) is 3. The monoisotopic (exact) mass is 355 g/mol. The van der Waals surface area contributed by atoms with Gasteiger partial charge in [-0.3, -0.25) is 10.1 Å². The molecule has 0 aliphatic carbocycles. The van der Waals surface area contributed by atoms with E-state index in [1.54, 1.807) is 31.2 Å². The molecule has 0 aliphatic heterocycles. The highest BCUT2D eigenvalue weighted by molar-refractivity contribution is 5.94. The fourth-order valence-electron chi connectivity index (χ4n) is 2.22. The van der Waals surface area contributed by atoms with Crippen molar-refractivity contribution in [1.29, 1.82) is 0 Å². The number of rotatable bonds is 5. The summed E-state index contributed by atoms with van der Waals surface area (Å²) >= 11 is 0. The van der Waals surface area contributed by atoms with E-state index in [-0.39, 0.29) is 22.7 Å². The van der Waals surface area contributed by atoms with Gasteiger partial charge in [0.05, 0.1) is 12.0 Å². The lowest BCUT2D eigenvalue weighted by Gasteiger charge is -2.08. The van der Waals surface area contributed by atoms with E-state index in [1.165, 1.54) is 19.2 Å². The SMILES string of the molecule is COc1ccc([N+](=O)[O-])cc1C(=O)Oc1ccc(-c2noc(C)n2)cc1. The lowest BCUT2D eigenvalue weighted by molar-refractivity contribution is -0.384. The van der Waals surface area contributed by atoms with Crippen LogP contribution in [0, 0.1) is 17.0 Å². The molecule has 0 saturated carbocycles. The first kappa shape index (κ1) is 17.1. The molecule has 0 atom stereocenters. The van der Waals surface area contributed by atoms with E-state index in [9.17, 15) is 14.9 Å². The van der Waals surface area contributed by atoms with Gasteiger partial charge in [0.1, 0.15) is 17.1 Å². The molecule has 0 amide bonds. The molecular weight excluding hydrogens is 342 g/mol. The van der Waals surface area contributed by atoms with E-state index in [4.69, 9.17) is 14.0 Å². The Balaban J connectivity index is 1.81. The van der Waals surface area contributed by atoms with Gasteiger partial charge in [-0.25, -0.2) is 4.79 Å². The quantitative estimate of drug-likeness (QED) is 0.296. The van der Waals surface area contributed by atoms with Gasteiger partial charge in [-0.05, 0) is 30.3 Å². The fourth-order valence-corrected chi connectivity index (χ4v) is 2.22. The first-order chi connectivity index (χ1) is 12.5. The molecule has 3 rings (SSSR count). The minimum Gasteiger partial charge on any atom is -0.496 e. The Kier molecular flexibility index (Phi) is 4.61. The zero-order valence-electron chi connectivity index (χ0n) is 13.8. The van der Waals surface area contributed by atoms with Gasteiger partial charge in [-0.2, -0.15) is 4.98 Å². The van der Waals surface area contributed by atoms with Crippen molar-refractivity contribution in [3.05, 3.63) is 64.0 Å². The van der Waals surface area contributed by atoms with Crippen LogP contribution in [-0.2, 0) is 0 Å². The summed E-state index contributed by atoms with van der Waals surface area (Å²) in [7, 11) is 1.36. The number of hydrogen-bond donors (Lipinski definition) is 0. The molecule has 1 aromatic heterocycles. The van der Waals surface area contributed by atoms with Gasteiger partial charge < -0.3 is 14.0 Å². The molecule has 2 aromatic carbocycles. The van der Waals surface area contributed by atoms with Crippen molar-refractivity contribution in [2.24, 2.45) is 0 Å². The number of ether oxygens (including phenoxy) is 2. The van der Waals surface area contributed by atoms with Crippen LogP contribution in [-0.4, -0.2) is 28.1 Å². The van der Waals surface area contributed by atoms with Crippen LogP contribution in [0.1, 0.15) is 16.2 Å². The first-order valence-electron chi connectivity index (χ1n) is 7.43. The Bertz CT molecular complexity index is 965. The third-order valence-electron chi connectivity index (χ3n) is 3.46. The number of carbonyl (C=O) groups excluding carboxylic acids is 1. The van der Waals surface area contributed by atoms with E-state index in [0.29, 0.717) is 17.3 Å². The van der Waals surface area contributed by atoms with E-state index >= 15 is 0 Å². The topological polar surface area (TPSA) is 118 Å². The smallest absolute Gasteiger partial charge is 0.347 e. The molecule has 0 aliphatic rings. The zero-order valence-corrected chi connectivity index (χ0v) is 13.8. The Hall–Kier alpha value is -3.75. The van der Waals surface area contributed by atoms with Crippen molar-refractivity contribution >= 4 is 11.7 Å². The molecule has 132 valence electrons.